The van der Waals surface area contributed by atoms with Crippen LogP contribution in [0, 0.1) is 0 Å². The number of rotatable bonds is 6. The summed E-state index contributed by atoms with van der Waals surface area (Å²) in [7, 11) is 1.57. The second kappa shape index (κ2) is 8.00. The van der Waals surface area contributed by atoms with E-state index in [0.29, 0.717) is 13.0 Å². The van der Waals surface area contributed by atoms with Gasteiger partial charge in [-0.05, 0) is 43.5 Å². The Kier molecular flexibility index (Phi) is 6.02. The van der Waals surface area contributed by atoms with Gasteiger partial charge in [0.25, 0.3) is 0 Å². The number of benzene rings is 1. The summed E-state index contributed by atoms with van der Waals surface area (Å²) in [4.78, 5) is 11.6. The standard InChI is InChI=1S/C16H23NO4/c1-20-11-10-16(19)17-12-6-8-13(9-7-12)21-15-5-3-2-4-14(15)18/h6-9,14-15,18H,2-5,10-11H2,1H3,(H,17,19)/t14-,15-/m0/s1. The Morgan fingerprint density at radius 3 is 2.67 bits per heavy atom. The second-order valence-electron chi connectivity index (χ2n) is 5.32. The summed E-state index contributed by atoms with van der Waals surface area (Å²) in [5.74, 6) is 0.643. The Labute approximate surface area is 125 Å². The van der Waals surface area contributed by atoms with Crippen LogP contribution in [-0.4, -0.2) is 36.9 Å². The molecule has 1 aromatic carbocycles. The number of ether oxygens (including phenoxy) is 2. The molecule has 0 unspecified atom stereocenters. The highest BCUT2D eigenvalue weighted by molar-refractivity contribution is 5.90. The van der Waals surface area contributed by atoms with Gasteiger partial charge in [0.05, 0.1) is 19.1 Å². The number of carbonyl (C=O) groups is 1. The minimum atomic E-state index is -0.382. The zero-order chi connectivity index (χ0) is 15.1. The summed E-state index contributed by atoms with van der Waals surface area (Å²) in [5, 5.41) is 12.7. The van der Waals surface area contributed by atoms with Crippen molar-refractivity contribution in [1.29, 1.82) is 0 Å². The Morgan fingerprint density at radius 1 is 1.29 bits per heavy atom. The molecule has 1 aliphatic rings. The highest BCUT2D eigenvalue weighted by atomic mass is 16.5. The first kappa shape index (κ1) is 15.8. The molecule has 1 aromatic rings. The van der Waals surface area contributed by atoms with Crippen LogP contribution in [0.5, 0.6) is 5.75 Å². The van der Waals surface area contributed by atoms with Crippen LogP contribution in [0.4, 0.5) is 5.69 Å². The van der Waals surface area contributed by atoms with Crippen molar-refractivity contribution in [3.63, 3.8) is 0 Å². The number of methoxy groups -OCH3 is 1. The Balaban J connectivity index is 1.85. The molecule has 1 saturated carbocycles. The number of aliphatic hydroxyl groups is 1. The van der Waals surface area contributed by atoms with Gasteiger partial charge >= 0.3 is 0 Å². The topological polar surface area (TPSA) is 67.8 Å². The lowest BCUT2D eigenvalue weighted by atomic mass is 9.95. The molecule has 2 atom stereocenters. The number of anilines is 1. The maximum Gasteiger partial charge on any atom is 0.226 e. The molecule has 0 aromatic heterocycles. The second-order valence-corrected chi connectivity index (χ2v) is 5.32. The van der Waals surface area contributed by atoms with Crippen molar-refractivity contribution in [3.05, 3.63) is 24.3 Å². The van der Waals surface area contributed by atoms with E-state index in [9.17, 15) is 9.90 Å². The van der Waals surface area contributed by atoms with E-state index >= 15 is 0 Å². The van der Waals surface area contributed by atoms with E-state index in [2.05, 4.69) is 5.32 Å². The number of aliphatic hydroxyl groups excluding tert-OH is 1. The summed E-state index contributed by atoms with van der Waals surface area (Å²) in [5.41, 5.74) is 0.729. The third kappa shape index (κ3) is 5.02. The van der Waals surface area contributed by atoms with Crippen LogP contribution in [-0.2, 0) is 9.53 Å². The molecular formula is C16H23NO4. The Morgan fingerprint density at radius 2 is 2.00 bits per heavy atom. The van der Waals surface area contributed by atoms with Crippen LogP contribution in [0.1, 0.15) is 32.1 Å². The normalized spacial score (nSPS) is 21.8. The molecule has 1 amide bonds. The average Bonchev–Trinajstić information content (AvgIpc) is 2.49. The third-order valence-corrected chi connectivity index (χ3v) is 3.63. The number of amides is 1. The average molecular weight is 293 g/mol. The summed E-state index contributed by atoms with van der Waals surface area (Å²) < 4.78 is 10.7. The molecule has 0 spiro atoms. The maximum absolute atomic E-state index is 11.6. The molecular weight excluding hydrogens is 270 g/mol. The molecule has 5 nitrogen and oxygen atoms in total. The zero-order valence-corrected chi connectivity index (χ0v) is 12.4. The van der Waals surface area contributed by atoms with Gasteiger partial charge in [-0.1, -0.05) is 6.42 Å². The molecule has 0 aliphatic heterocycles. The lowest BCUT2D eigenvalue weighted by molar-refractivity contribution is -0.117. The van der Waals surface area contributed by atoms with Crippen LogP contribution < -0.4 is 10.1 Å². The van der Waals surface area contributed by atoms with Gasteiger partial charge in [-0.2, -0.15) is 0 Å². The third-order valence-electron chi connectivity index (χ3n) is 3.63. The molecule has 2 rings (SSSR count). The van der Waals surface area contributed by atoms with Gasteiger partial charge in [-0.15, -0.1) is 0 Å². The molecule has 0 heterocycles. The number of hydrogen-bond acceptors (Lipinski definition) is 4. The van der Waals surface area contributed by atoms with Gasteiger partial charge in [-0.3, -0.25) is 4.79 Å². The van der Waals surface area contributed by atoms with Gasteiger partial charge in [-0.25, -0.2) is 0 Å². The first-order chi connectivity index (χ1) is 10.2. The van der Waals surface area contributed by atoms with E-state index < -0.39 is 0 Å². The lowest BCUT2D eigenvalue weighted by Gasteiger charge is -2.28. The predicted molar refractivity (Wildman–Crippen MR) is 80.5 cm³/mol. The van der Waals surface area contributed by atoms with Crippen molar-refractivity contribution in [3.8, 4) is 5.75 Å². The van der Waals surface area contributed by atoms with E-state index in [0.717, 1.165) is 37.1 Å². The maximum atomic E-state index is 11.6. The fraction of sp³-hybridized carbons (Fsp3) is 0.562. The van der Waals surface area contributed by atoms with Crippen LogP contribution in [0.25, 0.3) is 0 Å². The molecule has 1 fully saturated rings. The first-order valence-corrected chi connectivity index (χ1v) is 7.42. The van der Waals surface area contributed by atoms with Crippen molar-refractivity contribution in [2.45, 2.75) is 44.3 Å². The summed E-state index contributed by atoms with van der Waals surface area (Å²) in [6.07, 6.45) is 3.67. The van der Waals surface area contributed by atoms with Crippen molar-refractivity contribution in [1.82, 2.24) is 0 Å². The van der Waals surface area contributed by atoms with Gasteiger partial charge in [0.2, 0.25) is 5.91 Å². The van der Waals surface area contributed by atoms with Crippen molar-refractivity contribution < 1.29 is 19.4 Å². The fourth-order valence-corrected chi connectivity index (χ4v) is 2.42. The number of hydrogen-bond donors (Lipinski definition) is 2. The lowest BCUT2D eigenvalue weighted by Crippen LogP contribution is -2.34. The van der Waals surface area contributed by atoms with Crippen molar-refractivity contribution >= 4 is 11.6 Å². The molecule has 5 heteroatoms. The van der Waals surface area contributed by atoms with Crippen LogP contribution in [0.3, 0.4) is 0 Å². The molecule has 0 bridgehead atoms. The van der Waals surface area contributed by atoms with Gasteiger partial charge in [0, 0.05) is 12.8 Å². The van der Waals surface area contributed by atoms with Gasteiger partial charge in [0.15, 0.2) is 0 Å². The molecule has 0 radical (unpaired) electrons. The van der Waals surface area contributed by atoms with E-state index in [1.54, 1.807) is 19.2 Å². The summed E-state index contributed by atoms with van der Waals surface area (Å²) in [6.45, 7) is 0.409. The zero-order valence-electron chi connectivity index (χ0n) is 12.4. The van der Waals surface area contributed by atoms with Crippen LogP contribution in [0.15, 0.2) is 24.3 Å². The van der Waals surface area contributed by atoms with Crippen molar-refractivity contribution in [2.24, 2.45) is 0 Å². The quantitative estimate of drug-likeness (QED) is 0.845. The number of carbonyl (C=O) groups excluding carboxylic acids is 1. The highest BCUT2D eigenvalue weighted by Gasteiger charge is 2.24. The van der Waals surface area contributed by atoms with Gasteiger partial charge in [0.1, 0.15) is 11.9 Å². The molecule has 21 heavy (non-hydrogen) atoms. The highest BCUT2D eigenvalue weighted by Crippen LogP contribution is 2.24. The van der Waals surface area contributed by atoms with Crippen molar-refractivity contribution in [2.75, 3.05) is 19.0 Å². The predicted octanol–water partition coefficient (Wildman–Crippen LogP) is 2.34. The van der Waals surface area contributed by atoms with E-state index in [1.807, 2.05) is 12.1 Å². The monoisotopic (exact) mass is 293 g/mol. The number of nitrogens with one attached hydrogen (secondary N) is 1. The molecule has 2 N–H and O–H groups in total. The summed E-state index contributed by atoms with van der Waals surface area (Å²) >= 11 is 0. The largest absolute Gasteiger partial charge is 0.488 e. The van der Waals surface area contributed by atoms with Gasteiger partial charge < -0.3 is 19.9 Å². The first-order valence-electron chi connectivity index (χ1n) is 7.42. The smallest absolute Gasteiger partial charge is 0.226 e. The Hall–Kier alpha value is -1.59. The van der Waals surface area contributed by atoms with Crippen LogP contribution in [0.2, 0.25) is 0 Å². The molecule has 116 valence electrons. The molecule has 0 saturated heterocycles. The van der Waals surface area contributed by atoms with E-state index in [1.165, 1.54) is 0 Å². The summed E-state index contributed by atoms with van der Waals surface area (Å²) in [6, 6.07) is 7.23. The van der Waals surface area contributed by atoms with E-state index in [-0.39, 0.29) is 18.1 Å². The van der Waals surface area contributed by atoms with E-state index in [4.69, 9.17) is 9.47 Å². The minimum absolute atomic E-state index is 0.0757. The molecule has 1 aliphatic carbocycles. The Bertz CT molecular complexity index is 446. The van der Waals surface area contributed by atoms with Crippen LogP contribution >= 0.6 is 0 Å². The SMILES string of the molecule is COCCC(=O)Nc1ccc(O[C@H]2CCCC[C@@H]2O)cc1. The minimum Gasteiger partial charge on any atom is -0.488 e. The fourth-order valence-electron chi connectivity index (χ4n) is 2.42.